The highest BCUT2D eigenvalue weighted by atomic mass is 35.5. The Bertz CT molecular complexity index is 801. The maximum Gasteiger partial charge on any atom is 0.254 e. The quantitative estimate of drug-likeness (QED) is 0.759. The van der Waals surface area contributed by atoms with Crippen LogP contribution in [0.1, 0.15) is 29.6 Å². The predicted molar refractivity (Wildman–Crippen MR) is 109 cm³/mol. The Hall–Kier alpha value is -1.64. The Morgan fingerprint density at radius 1 is 1.14 bits per heavy atom. The summed E-state index contributed by atoms with van der Waals surface area (Å²) in [6.07, 6.45) is 3.75. The highest BCUT2D eigenvalue weighted by molar-refractivity contribution is 7.90. The molecule has 0 bridgehead atoms. The van der Waals surface area contributed by atoms with Gasteiger partial charge in [0.1, 0.15) is 0 Å². The van der Waals surface area contributed by atoms with Gasteiger partial charge >= 0.3 is 0 Å². The molecule has 1 aromatic carbocycles. The van der Waals surface area contributed by atoms with Gasteiger partial charge in [0.05, 0.1) is 4.90 Å². The fraction of sp³-hybridized carbons (Fsp3) is 0.579. The van der Waals surface area contributed by atoms with E-state index >= 15 is 0 Å². The zero-order valence-electron chi connectivity index (χ0n) is 16.1. The number of benzene rings is 1. The highest BCUT2D eigenvalue weighted by Crippen LogP contribution is 2.17. The van der Waals surface area contributed by atoms with Crippen LogP contribution in [0.15, 0.2) is 29.2 Å². The molecule has 1 unspecified atom stereocenters. The van der Waals surface area contributed by atoms with Crippen molar-refractivity contribution < 1.29 is 18.0 Å². The molecule has 1 atom stereocenters. The predicted octanol–water partition coefficient (Wildman–Crippen LogP) is 1.19. The van der Waals surface area contributed by atoms with E-state index in [-0.39, 0.29) is 29.1 Å². The molecule has 0 aliphatic carbocycles. The minimum Gasteiger partial charge on any atom is -0.339 e. The molecule has 1 aromatic rings. The smallest absolute Gasteiger partial charge is 0.254 e. The van der Waals surface area contributed by atoms with Crippen LogP contribution in [-0.2, 0) is 14.6 Å². The number of sulfone groups is 1. The lowest BCUT2D eigenvalue weighted by atomic mass is 10.0. The summed E-state index contributed by atoms with van der Waals surface area (Å²) in [6, 6.07) is 6.12. The van der Waals surface area contributed by atoms with Crippen molar-refractivity contribution in [3.63, 3.8) is 0 Å². The van der Waals surface area contributed by atoms with Crippen LogP contribution >= 0.6 is 12.4 Å². The average molecular weight is 430 g/mol. The van der Waals surface area contributed by atoms with Crippen molar-refractivity contribution >= 4 is 34.1 Å². The van der Waals surface area contributed by atoms with Gasteiger partial charge in [-0.25, -0.2) is 8.42 Å². The van der Waals surface area contributed by atoms with Gasteiger partial charge in [0, 0.05) is 44.4 Å². The first-order valence-corrected chi connectivity index (χ1v) is 11.3. The van der Waals surface area contributed by atoms with Gasteiger partial charge in [0.25, 0.3) is 5.91 Å². The van der Waals surface area contributed by atoms with E-state index in [4.69, 9.17) is 0 Å². The lowest BCUT2D eigenvalue weighted by Gasteiger charge is -2.35. The summed E-state index contributed by atoms with van der Waals surface area (Å²) < 4.78 is 23.4. The third kappa shape index (κ3) is 5.68. The second kappa shape index (κ2) is 9.71. The molecule has 0 radical (unpaired) electrons. The number of rotatable bonds is 5. The van der Waals surface area contributed by atoms with E-state index < -0.39 is 9.84 Å². The number of halogens is 1. The third-order valence-corrected chi connectivity index (χ3v) is 6.47. The SMILES string of the molecule is CS(=O)(=O)c1cccc(C(=O)N2CCN(C(=O)CCC3CCNC3)CC2)c1.Cl. The lowest BCUT2D eigenvalue weighted by Crippen LogP contribution is -2.50. The van der Waals surface area contributed by atoms with Crippen LogP contribution in [0.5, 0.6) is 0 Å². The summed E-state index contributed by atoms with van der Waals surface area (Å²) in [7, 11) is -3.35. The highest BCUT2D eigenvalue weighted by Gasteiger charge is 2.26. The summed E-state index contributed by atoms with van der Waals surface area (Å²) in [5.74, 6) is 0.566. The van der Waals surface area contributed by atoms with Gasteiger partial charge in [-0.05, 0) is 50.0 Å². The van der Waals surface area contributed by atoms with Crippen LogP contribution in [-0.4, -0.2) is 75.6 Å². The zero-order chi connectivity index (χ0) is 19.4. The van der Waals surface area contributed by atoms with Crippen molar-refractivity contribution in [1.29, 1.82) is 0 Å². The van der Waals surface area contributed by atoms with Gasteiger partial charge in [-0.3, -0.25) is 9.59 Å². The Morgan fingerprint density at radius 2 is 1.82 bits per heavy atom. The lowest BCUT2D eigenvalue weighted by molar-refractivity contribution is -0.132. The third-order valence-electron chi connectivity index (χ3n) is 5.36. The van der Waals surface area contributed by atoms with Gasteiger partial charge in [-0.15, -0.1) is 12.4 Å². The molecule has 28 heavy (non-hydrogen) atoms. The van der Waals surface area contributed by atoms with E-state index in [1.54, 1.807) is 17.0 Å². The van der Waals surface area contributed by atoms with Crippen LogP contribution in [0, 0.1) is 5.92 Å². The molecule has 2 aliphatic heterocycles. The number of piperazine rings is 1. The van der Waals surface area contributed by atoms with Crippen molar-refractivity contribution in [1.82, 2.24) is 15.1 Å². The van der Waals surface area contributed by atoms with E-state index in [1.165, 1.54) is 12.1 Å². The molecule has 0 aromatic heterocycles. The van der Waals surface area contributed by atoms with Gasteiger partial charge in [0.15, 0.2) is 9.84 Å². The van der Waals surface area contributed by atoms with Crippen LogP contribution in [0.4, 0.5) is 0 Å². The Morgan fingerprint density at radius 3 is 2.43 bits per heavy atom. The van der Waals surface area contributed by atoms with Crippen LogP contribution in [0.25, 0.3) is 0 Å². The molecule has 1 N–H and O–H groups in total. The first-order chi connectivity index (χ1) is 12.8. The maximum absolute atomic E-state index is 12.7. The van der Waals surface area contributed by atoms with Crippen molar-refractivity contribution in [3.8, 4) is 0 Å². The molecule has 2 saturated heterocycles. The van der Waals surface area contributed by atoms with Crippen molar-refractivity contribution in [2.24, 2.45) is 5.92 Å². The normalized spacial score (nSPS) is 20.0. The molecule has 2 amide bonds. The van der Waals surface area contributed by atoms with Gasteiger partial charge in [-0.2, -0.15) is 0 Å². The fourth-order valence-corrected chi connectivity index (χ4v) is 4.31. The second-order valence-electron chi connectivity index (χ2n) is 7.37. The Kier molecular flexibility index (Phi) is 7.86. The maximum atomic E-state index is 12.7. The molecule has 7 nitrogen and oxygen atoms in total. The molecule has 0 spiro atoms. The number of carbonyl (C=O) groups excluding carboxylic acids is 2. The monoisotopic (exact) mass is 429 g/mol. The first-order valence-electron chi connectivity index (χ1n) is 9.42. The number of hydrogen-bond donors (Lipinski definition) is 1. The molecular formula is C19H28ClN3O4S. The number of carbonyl (C=O) groups is 2. The zero-order valence-corrected chi connectivity index (χ0v) is 17.7. The van der Waals surface area contributed by atoms with E-state index in [0.717, 1.165) is 32.2 Å². The minimum atomic E-state index is -3.35. The number of amides is 2. The van der Waals surface area contributed by atoms with E-state index in [2.05, 4.69) is 5.32 Å². The van der Waals surface area contributed by atoms with E-state index in [0.29, 0.717) is 44.1 Å². The summed E-state index contributed by atoms with van der Waals surface area (Å²) in [5, 5.41) is 3.32. The van der Waals surface area contributed by atoms with Gasteiger partial charge in [-0.1, -0.05) is 6.07 Å². The molecule has 3 rings (SSSR count). The van der Waals surface area contributed by atoms with Gasteiger partial charge < -0.3 is 15.1 Å². The fourth-order valence-electron chi connectivity index (χ4n) is 3.65. The largest absolute Gasteiger partial charge is 0.339 e. The van der Waals surface area contributed by atoms with Crippen molar-refractivity contribution in [3.05, 3.63) is 29.8 Å². The Balaban J connectivity index is 0.00000280. The summed E-state index contributed by atoms with van der Waals surface area (Å²) in [6.45, 7) is 4.04. The van der Waals surface area contributed by atoms with Crippen molar-refractivity contribution in [2.75, 3.05) is 45.5 Å². The number of nitrogens with one attached hydrogen (secondary N) is 1. The number of nitrogens with zero attached hydrogens (tertiary/aromatic N) is 2. The van der Waals surface area contributed by atoms with E-state index in [9.17, 15) is 18.0 Å². The second-order valence-corrected chi connectivity index (χ2v) is 9.39. The van der Waals surface area contributed by atoms with Crippen LogP contribution in [0.3, 0.4) is 0 Å². The van der Waals surface area contributed by atoms with Gasteiger partial charge in [0.2, 0.25) is 5.91 Å². The summed E-state index contributed by atoms with van der Waals surface area (Å²) >= 11 is 0. The minimum absolute atomic E-state index is 0. The topological polar surface area (TPSA) is 86.8 Å². The summed E-state index contributed by atoms with van der Waals surface area (Å²) in [5.41, 5.74) is 0.367. The molecule has 2 fully saturated rings. The average Bonchev–Trinajstić information content (AvgIpc) is 3.19. The standard InChI is InChI=1S/C19H27N3O4S.ClH/c1-27(25,26)17-4-2-3-16(13-17)19(24)22-11-9-21(10-12-22)18(23)6-5-15-7-8-20-14-15;/h2-4,13,15,20H,5-12,14H2,1H3;1H. The van der Waals surface area contributed by atoms with Crippen LogP contribution in [0.2, 0.25) is 0 Å². The molecule has 2 heterocycles. The molecule has 2 aliphatic rings. The Labute approximate surface area is 172 Å². The summed E-state index contributed by atoms with van der Waals surface area (Å²) in [4.78, 5) is 28.7. The first kappa shape index (κ1) is 22.6. The molecule has 156 valence electrons. The van der Waals surface area contributed by atoms with Crippen LogP contribution < -0.4 is 5.32 Å². The number of hydrogen-bond acceptors (Lipinski definition) is 5. The molecule has 0 saturated carbocycles. The molecule has 9 heteroatoms. The molecular weight excluding hydrogens is 402 g/mol. The van der Waals surface area contributed by atoms with E-state index in [1.807, 2.05) is 4.90 Å². The van der Waals surface area contributed by atoms with Crippen molar-refractivity contribution in [2.45, 2.75) is 24.2 Å².